The van der Waals surface area contributed by atoms with E-state index in [4.69, 9.17) is 10.5 Å². The highest BCUT2D eigenvalue weighted by atomic mass is 16.5. The first-order valence-electron chi connectivity index (χ1n) is 24.1. The number of rotatable bonds is 19. The minimum Gasteiger partial charge on any atom is -0.507 e. The summed E-state index contributed by atoms with van der Waals surface area (Å²) in [6.07, 6.45) is 12.2. The fraction of sp³-hybridized carbons (Fsp3) is 0.440. The number of para-hydroxylation sites is 1. The maximum atomic E-state index is 13.4. The highest BCUT2D eigenvalue weighted by molar-refractivity contribution is 6.25. The van der Waals surface area contributed by atoms with Crippen molar-refractivity contribution < 1.29 is 29.0 Å². The van der Waals surface area contributed by atoms with E-state index >= 15 is 0 Å². The second-order valence-corrected chi connectivity index (χ2v) is 18.1. The fourth-order valence-electron chi connectivity index (χ4n) is 9.72. The van der Waals surface area contributed by atoms with Crippen LogP contribution in [0.1, 0.15) is 97.0 Å². The van der Waals surface area contributed by atoms with Gasteiger partial charge < -0.3 is 30.7 Å². The molecule has 0 saturated carbocycles. The van der Waals surface area contributed by atoms with Crippen LogP contribution < -0.4 is 30.9 Å². The first-order chi connectivity index (χ1) is 33.2. The largest absolute Gasteiger partial charge is 0.507 e. The number of ether oxygens (including phenoxy) is 1. The molecule has 5 aromatic rings. The zero-order valence-corrected chi connectivity index (χ0v) is 38.4. The van der Waals surface area contributed by atoms with E-state index in [1.54, 1.807) is 42.5 Å². The number of phenols is 1. The Morgan fingerprint density at radius 2 is 1.47 bits per heavy atom. The van der Waals surface area contributed by atoms with Gasteiger partial charge in [-0.25, -0.2) is 0 Å². The van der Waals surface area contributed by atoms with Crippen LogP contribution in [0.4, 0.5) is 22.9 Å². The maximum Gasteiger partial charge on any atom is 0.264 e. The summed E-state index contributed by atoms with van der Waals surface area (Å²) in [5, 5.41) is 32.7. The molecular weight excluding hydrogens is 865 g/mol. The number of nitrogens with one attached hydrogen (secondary N) is 2. The molecule has 3 saturated heterocycles. The molecule has 0 spiro atoms. The van der Waals surface area contributed by atoms with Gasteiger partial charge in [-0.1, -0.05) is 55.5 Å². The third kappa shape index (κ3) is 10.7. The number of piperazine rings is 1. The average molecular weight is 925 g/mol. The highest BCUT2D eigenvalue weighted by Gasteiger charge is 2.45. The maximum absolute atomic E-state index is 13.4. The molecule has 0 aliphatic carbocycles. The Bertz CT molecular complexity index is 2600. The van der Waals surface area contributed by atoms with Gasteiger partial charge in [0.05, 0.1) is 30.4 Å². The first kappa shape index (κ1) is 46.0. The van der Waals surface area contributed by atoms with E-state index in [1.165, 1.54) is 43.5 Å². The van der Waals surface area contributed by atoms with Gasteiger partial charge in [-0.3, -0.25) is 39.0 Å². The fourth-order valence-corrected chi connectivity index (χ4v) is 9.72. The Morgan fingerprint density at radius 1 is 0.750 bits per heavy atom. The normalized spacial score (nSPS) is 18.8. The van der Waals surface area contributed by atoms with Gasteiger partial charge in [0.15, 0.2) is 11.6 Å². The summed E-state index contributed by atoms with van der Waals surface area (Å²) < 4.78 is 8.24. The van der Waals surface area contributed by atoms with Crippen LogP contribution in [0.25, 0.3) is 11.3 Å². The van der Waals surface area contributed by atoms with E-state index in [0.717, 1.165) is 82.9 Å². The number of nitrogens with zero attached hydrogens (tertiary/aromatic N) is 9. The van der Waals surface area contributed by atoms with Gasteiger partial charge >= 0.3 is 0 Å². The topological polar surface area (TPSA) is 217 Å². The standard InChI is InChI=1S/C50H60N12O6/c51-47-44(30-41(55-56-47)38-13-6-7-16-43(38)63)68-37-12-11-24-60(33-37)36-19-17-35(18-20-36)59-28-26-58(27-29-59)23-8-4-2-1-3-5-9-25-61-32-34(54-57-61)31-52-40-15-10-14-39-46(40)50(67)62(49(39)66)42-21-22-45(64)53-48(42)65/h6-7,10,13-20,30,32,37,42,52,63H,1-5,8-9,11-12,21-29,31,33H2,(H2,51,56)(H,53,64,65)/t37-,42?/m1/s1. The van der Waals surface area contributed by atoms with Gasteiger partial charge in [0.25, 0.3) is 11.8 Å². The molecule has 0 bridgehead atoms. The third-order valence-electron chi connectivity index (χ3n) is 13.5. The van der Waals surface area contributed by atoms with Crippen molar-refractivity contribution in [3.8, 4) is 22.8 Å². The second-order valence-electron chi connectivity index (χ2n) is 18.1. The van der Waals surface area contributed by atoms with Gasteiger partial charge in [0, 0.05) is 74.4 Å². The molecule has 4 amide bonds. The summed E-state index contributed by atoms with van der Waals surface area (Å²) in [5.41, 5.74) is 11.4. The molecule has 18 nitrogen and oxygen atoms in total. The smallest absolute Gasteiger partial charge is 0.264 e. The summed E-state index contributed by atoms with van der Waals surface area (Å²) in [5.74, 6) is -1.27. The van der Waals surface area contributed by atoms with E-state index in [9.17, 15) is 24.3 Å². The molecule has 1 unspecified atom stereocenters. The summed E-state index contributed by atoms with van der Waals surface area (Å²) in [6.45, 7) is 8.15. The molecule has 3 fully saturated rings. The SMILES string of the molecule is Nc1nnc(-c2ccccc2O)cc1O[C@@H]1CCCN(c2ccc(N3CCN(CCCCCCCCCn4cc(CNc5cccc6c5C(=O)N(C5CCC(=O)NC5=O)C6=O)nn4)CC3)cc2)C1. The summed E-state index contributed by atoms with van der Waals surface area (Å²) in [4.78, 5) is 59.1. The van der Waals surface area contributed by atoms with E-state index in [1.807, 2.05) is 16.9 Å². The monoisotopic (exact) mass is 924 g/mol. The number of nitrogen functional groups attached to an aromatic ring is 1. The number of amides is 4. The van der Waals surface area contributed by atoms with Gasteiger partial charge in [0.1, 0.15) is 29.3 Å². The van der Waals surface area contributed by atoms with E-state index < -0.39 is 29.7 Å². The third-order valence-corrected chi connectivity index (χ3v) is 13.5. The molecule has 356 valence electrons. The Balaban J connectivity index is 0.627. The average Bonchev–Trinajstić information content (AvgIpc) is 3.92. The van der Waals surface area contributed by atoms with Crippen molar-refractivity contribution in [3.63, 3.8) is 0 Å². The van der Waals surface area contributed by atoms with Gasteiger partial charge in [-0.2, -0.15) is 0 Å². The Labute approximate surface area is 395 Å². The van der Waals surface area contributed by atoms with Gasteiger partial charge in [-0.05, 0) is 87.2 Å². The van der Waals surface area contributed by atoms with Crippen LogP contribution in [0.3, 0.4) is 0 Å². The number of hydrogen-bond acceptors (Lipinski definition) is 15. The van der Waals surface area contributed by atoms with Crippen molar-refractivity contribution >= 4 is 46.5 Å². The number of benzene rings is 3. The number of carbonyl (C=O) groups excluding carboxylic acids is 4. The summed E-state index contributed by atoms with van der Waals surface area (Å²) in [7, 11) is 0. The molecular formula is C50H60N12O6. The highest BCUT2D eigenvalue weighted by Crippen LogP contribution is 2.34. The molecule has 2 atom stereocenters. The Kier molecular flexibility index (Phi) is 14.4. The van der Waals surface area contributed by atoms with Crippen LogP contribution in [0.15, 0.2) is 79.0 Å². The second kappa shape index (κ2) is 21.3. The summed E-state index contributed by atoms with van der Waals surface area (Å²) in [6, 6.07) is 21.7. The van der Waals surface area contributed by atoms with Gasteiger partial charge in [-0.15, -0.1) is 15.3 Å². The molecule has 4 aliphatic rings. The van der Waals surface area contributed by atoms with Crippen molar-refractivity contribution in [2.75, 3.05) is 66.7 Å². The molecule has 0 radical (unpaired) electrons. The van der Waals surface area contributed by atoms with Crippen LogP contribution >= 0.6 is 0 Å². The molecule has 5 N–H and O–H groups in total. The number of piperidine rings is 2. The number of hydrogen-bond donors (Lipinski definition) is 4. The van der Waals surface area contributed by atoms with Crippen molar-refractivity contribution in [1.29, 1.82) is 0 Å². The minimum atomic E-state index is -1.01. The molecule has 3 aromatic carbocycles. The van der Waals surface area contributed by atoms with E-state index in [0.29, 0.717) is 34.9 Å². The lowest BCUT2D eigenvalue weighted by Gasteiger charge is -2.37. The van der Waals surface area contributed by atoms with Crippen LogP contribution in [0.5, 0.6) is 11.5 Å². The number of aryl methyl sites for hydroxylation is 1. The van der Waals surface area contributed by atoms with Crippen LogP contribution in [0, 0.1) is 0 Å². The van der Waals surface area contributed by atoms with Crippen molar-refractivity contribution in [2.24, 2.45) is 0 Å². The molecule has 18 heteroatoms. The van der Waals surface area contributed by atoms with Crippen molar-refractivity contribution in [1.82, 2.24) is 40.3 Å². The zero-order valence-electron chi connectivity index (χ0n) is 38.4. The van der Waals surface area contributed by atoms with Gasteiger partial charge in [0.2, 0.25) is 11.8 Å². The lowest BCUT2D eigenvalue weighted by Crippen LogP contribution is -2.54. The molecule has 6 heterocycles. The number of nitrogens with two attached hydrogens (primary N) is 1. The minimum absolute atomic E-state index is 0.0500. The number of phenolic OH excluding ortho intramolecular Hbond substituents is 1. The Morgan fingerprint density at radius 3 is 2.24 bits per heavy atom. The number of unbranched alkanes of at least 4 members (excludes halogenated alkanes) is 6. The molecule has 2 aromatic heterocycles. The number of fused-ring (bicyclic) bond motifs is 1. The zero-order chi connectivity index (χ0) is 47.0. The number of imide groups is 2. The first-order valence-corrected chi connectivity index (χ1v) is 24.1. The number of carbonyl (C=O) groups is 4. The molecule has 68 heavy (non-hydrogen) atoms. The lowest BCUT2D eigenvalue weighted by molar-refractivity contribution is -0.136. The molecule has 9 rings (SSSR count). The van der Waals surface area contributed by atoms with Crippen molar-refractivity contribution in [2.45, 2.75) is 95.9 Å². The van der Waals surface area contributed by atoms with Crippen molar-refractivity contribution in [3.05, 3.63) is 95.8 Å². The number of aromatic nitrogens is 5. The Hall–Kier alpha value is -7.08. The summed E-state index contributed by atoms with van der Waals surface area (Å²) >= 11 is 0. The lowest BCUT2D eigenvalue weighted by atomic mass is 10.0. The quantitative estimate of drug-likeness (QED) is 0.0583. The van der Waals surface area contributed by atoms with E-state index in [2.05, 4.69) is 70.1 Å². The number of aromatic hydroxyl groups is 1. The predicted octanol–water partition coefficient (Wildman–Crippen LogP) is 5.64. The van der Waals surface area contributed by atoms with Crippen LogP contribution in [0.2, 0.25) is 0 Å². The van der Waals surface area contributed by atoms with Crippen LogP contribution in [-0.2, 0) is 22.7 Å². The predicted molar refractivity (Wildman–Crippen MR) is 257 cm³/mol. The number of anilines is 4. The molecule has 4 aliphatic heterocycles. The van der Waals surface area contributed by atoms with Crippen LogP contribution in [-0.4, -0.2) is 122 Å². The van der Waals surface area contributed by atoms with E-state index in [-0.39, 0.29) is 41.6 Å².